The second-order valence-electron chi connectivity index (χ2n) is 4.97. The summed E-state index contributed by atoms with van der Waals surface area (Å²) in [4.78, 5) is 14.3. The fraction of sp³-hybridized carbons (Fsp3) is 0.188. The Labute approximate surface area is 158 Å². The summed E-state index contributed by atoms with van der Waals surface area (Å²) in [6.45, 7) is 3.80. The topological polar surface area (TPSA) is 72.5 Å². The molecular formula is C16H15NO4S4. The van der Waals surface area contributed by atoms with E-state index < -0.39 is 16.0 Å². The first-order valence-electron chi connectivity index (χ1n) is 7.34. The molecule has 0 fully saturated rings. The first-order chi connectivity index (χ1) is 11.9. The van der Waals surface area contributed by atoms with E-state index in [4.69, 9.17) is 4.74 Å². The first kappa shape index (κ1) is 18.1. The third-order valence-electron chi connectivity index (χ3n) is 3.32. The summed E-state index contributed by atoms with van der Waals surface area (Å²) in [5.41, 5.74) is 0.995. The van der Waals surface area contributed by atoms with Gasteiger partial charge >= 0.3 is 5.97 Å². The molecule has 0 aliphatic rings. The van der Waals surface area contributed by atoms with Gasteiger partial charge in [-0.1, -0.05) is 12.1 Å². The van der Waals surface area contributed by atoms with Crippen LogP contribution in [0.4, 0.5) is 5.00 Å². The van der Waals surface area contributed by atoms with Crippen molar-refractivity contribution in [3.63, 3.8) is 0 Å². The van der Waals surface area contributed by atoms with Gasteiger partial charge in [-0.2, -0.15) is 0 Å². The van der Waals surface area contributed by atoms with Crippen LogP contribution < -0.4 is 4.72 Å². The minimum atomic E-state index is -3.74. The van der Waals surface area contributed by atoms with Crippen LogP contribution in [0.2, 0.25) is 0 Å². The number of ether oxygens (including phenoxy) is 1. The average Bonchev–Trinajstić information content (AvgIpc) is 3.27. The van der Waals surface area contributed by atoms with Crippen LogP contribution in [-0.2, 0) is 14.8 Å². The molecule has 0 unspecified atom stereocenters. The van der Waals surface area contributed by atoms with Crippen LogP contribution >= 0.6 is 34.0 Å². The number of nitrogens with one attached hydrogen (secondary N) is 1. The molecule has 0 saturated heterocycles. The standard InChI is InChI=1S/C16H15NO4S4/c1-3-21-16(18)14-13(11-6-4-8-22-11)10(2)24-15(14)17-25(19,20)12-7-5-9-23-12/h4-9,17H,3H2,1-2H3. The van der Waals surface area contributed by atoms with E-state index in [0.717, 1.165) is 26.7 Å². The number of hydrogen-bond acceptors (Lipinski definition) is 7. The lowest BCUT2D eigenvalue weighted by molar-refractivity contribution is 0.0529. The molecule has 0 amide bonds. The van der Waals surface area contributed by atoms with Crippen LogP contribution in [-0.4, -0.2) is 21.0 Å². The maximum atomic E-state index is 12.6. The summed E-state index contributed by atoms with van der Waals surface area (Å²) >= 11 is 3.85. The molecule has 9 heteroatoms. The van der Waals surface area contributed by atoms with E-state index in [1.54, 1.807) is 18.4 Å². The lowest BCUT2D eigenvalue weighted by Gasteiger charge is -2.08. The maximum absolute atomic E-state index is 12.6. The lowest BCUT2D eigenvalue weighted by atomic mass is 10.1. The molecule has 0 spiro atoms. The molecule has 3 aromatic rings. The van der Waals surface area contributed by atoms with E-state index in [-0.39, 0.29) is 21.4 Å². The number of hydrogen-bond donors (Lipinski definition) is 1. The Kier molecular flexibility index (Phi) is 5.28. The zero-order valence-electron chi connectivity index (χ0n) is 13.4. The molecule has 1 N–H and O–H groups in total. The third kappa shape index (κ3) is 3.64. The Bertz CT molecular complexity index is 970. The molecular weight excluding hydrogens is 398 g/mol. The smallest absolute Gasteiger partial charge is 0.341 e. The summed E-state index contributed by atoms with van der Waals surface area (Å²) in [5.74, 6) is -0.529. The van der Waals surface area contributed by atoms with E-state index in [9.17, 15) is 13.2 Å². The van der Waals surface area contributed by atoms with Gasteiger partial charge in [-0.15, -0.1) is 34.0 Å². The van der Waals surface area contributed by atoms with Crippen molar-refractivity contribution < 1.29 is 17.9 Å². The summed E-state index contributed by atoms with van der Waals surface area (Å²) in [6.07, 6.45) is 0. The predicted octanol–water partition coefficient (Wildman–Crippen LogP) is 4.82. The highest BCUT2D eigenvalue weighted by molar-refractivity contribution is 7.94. The van der Waals surface area contributed by atoms with Gasteiger partial charge in [0.2, 0.25) is 0 Å². The molecule has 0 atom stereocenters. The number of aryl methyl sites for hydroxylation is 1. The normalized spacial score (nSPS) is 11.4. The van der Waals surface area contributed by atoms with Crippen LogP contribution in [0, 0.1) is 6.92 Å². The van der Waals surface area contributed by atoms with Gasteiger partial charge in [0.1, 0.15) is 14.8 Å². The minimum absolute atomic E-state index is 0.200. The number of rotatable bonds is 6. The molecule has 3 aromatic heterocycles. The molecule has 25 heavy (non-hydrogen) atoms. The van der Waals surface area contributed by atoms with Crippen molar-refractivity contribution in [3.05, 3.63) is 45.5 Å². The summed E-state index contributed by atoms with van der Waals surface area (Å²) in [5, 5.41) is 3.89. The molecule has 5 nitrogen and oxygen atoms in total. The minimum Gasteiger partial charge on any atom is -0.462 e. The van der Waals surface area contributed by atoms with Crippen LogP contribution in [0.5, 0.6) is 0 Å². The van der Waals surface area contributed by atoms with Crippen LogP contribution in [0.1, 0.15) is 22.2 Å². The predicted molar refractivity (Wildman–Crippen MR) is 103 cm³/mol. The van der Waals surface area contributed by atoms with Crippen molar-refractivity contribution in [2.24, 2.45) is 0 Å². The highest BCUT2D eigenvalue weighted by atomic mass is 32.2. The van der Waals surface area contributed by atoms with E-state index >= 15 is 0 Å². The molecule has 3 heterocycles. The van der Waals surface area contributed by atoms with Gasteiger partial charge < -0.3 is 4.74 Å². The monoisotopic (exact) mass is 413 g/mol. The van der Waals surface area contributed by atoms with Crippen molar-refractivity contribution in [2.45, 2.75) is 18.1 Å². The SMILES string of the molecule is CCOC(=O)c1c(NS(=O)(=O)c2cccs2)sc(C)c1-c1cccs1. The fourth-order valence-electron chi connectivity index (χ4n) is 2.32. The van der Waals surface area contributed by atoms with Crippen molar-refractivity contribution in [1.29, 1.82) is 0 Å². The number of carbonyl (C=O) groups is 1. The Balaban J connectivity index is 2.11. The quantitative estimate of drug-likeness (QED) is 0.588. The van der Waals surface area contributed by atoms with Crippen molar-refractivity contribution in [1.82, 2.24) is 0 Å². The van der Waals surface area contributed by atoms with E-state index in [2.05, 4.69) is 4.72 Å². The second-order valence-corrected chi connectivity index (χ2v) is 10.0. The van der Waals surface area contributed by atoms with Crippen LogP contribution in [0.15, 0.2) is 39.2 Å². The summed E-state index contributed by atoms with van der Waals surface area (Å²) in [6, 6.07) is 6.99. The van der Waals surface area contributed by atoms with Crippen molar-refractivity contribution in [3.8, 4) is 10.4 Å². The fourth-order valence-corrected chi connectivity index (χ4v) is 6.57. The molecule has 0 aromatic carbocycles. The lowest BCUT2D eigenvalue weighted by Crippen LogP contribution is -2.14. The van der Waals surface area contributed by atoms with Crippen molar-refractivity contribution >= 4 is 55.0 Å². The highest BCUT2D eigenvalue weighted by Crippen LogP contribution is 2.42. The number of anilines is 1. The van der Waals surface area contributed by atoms with Gasteiger partial charge in [0.05, 0.1) is 6.61 Å². The van der Waals surface area contributed by atoms with Crippen molar-refractivity contribution in [2.75, 3.05) is 11.3 Å². The van der Waals surface area contributed by atoms with Gasteiger partial charge in [-0.05, 0) is 36.7 Å². The Morgan fingerprint density at radius 2 is 1.92 bits per heavy atom. The van der Waals surface area contributed by atoms with Gasteiger partial charge in [-0.3, -0.25) is 4.72 Å². The first-order valence-corrected chi connectivity index (χ1v) is 11.4. The number of thiophene rings is 3. The zero-order chi connectivity index (χ0) is 18.0. The largest absolute Gasteiger partial charge is 0.462 e. The molecule has 132 valence electrons. The molecule has 0 aliphatic heterocycles. The third-order valence-corrected chi connectivity index (χ3v) is 8.10. The molecule has 3 rings (SSSR count). The highest BCUT2D eigenvalue weighted by Gasteiger charge is 2.28. The Hall–Kier alpha value is -1.68. The van der Waals surface area contributed by atoms with E-state index in [1.807, 2.05) is 24.4 Å². The molecule has 0 radical (unpaired) electrons. The van der Waals surface area contributed by atoms with Crippen LogP contribution in [0.25, 0.3) is 10.4 Å². The van der Waals surface area contributed by atoms with Gasteiger partial charge in [-0.25, -0.2) is 13.2 Å². The van der Waals surface area contributed by atoms with Gasteiger partial charge in [0.25, 0.3) is 10.0 Å². The molecule has 0 aliphatic carbocycles. The summed E-state index contributed by atoms with van der Waals surface area (Å²) < 4.78 is 33.0. The number of carbonyl (C=O) groups excluding carboxylic acids is 1. The maximum Gasteiger partial charge on any atom is 0.341 e. The van der Waals surface area contributed by atoms with E-state index in [1.165, 1.54) is 28.7 Å². The van der Waals surface area contributed by atoms with Gasteiger partial charge in [0, 0.05) is 15.3 Å². The molecule has 0 bridgehead atoms. The Morgan fingerprint density at radius 1 is 1.20 bits per heavy atom. The summed E-state index contributed by atoms with van der Waals surface area (Å²) in [7, 11) is -3.74. The zero-order valence-corrected chi connectivity index (χ0v) is 16.7. The van der Waals surface area contributed by atoms with Crippen LogP contribution in [0.3, 0.4) is 0 Å². The number of esters is 1. The number of sulfonamides is 1. The van der Waals surface area contributed by atoms with Gasteiger partial charge in [0.15, 0.2) is 0 Å². The second kappa shape index (κ2) is 7.28. The Morgan fingerprint density at radius 3 is 2.52 bits per heavy atom. The average molecular weight is 414 g/mol. The van der Waals surface area contributed by atoms with E-state index in [0.29, 0.717) is 0 Å². The molecule has 0 saturated carbocycles.